The maximum Gasteiger partial charge on any atom is 0.309 e. The van der Waals surface area contributed by atoms with Crippen molar-refractivity contribution < 1.29 is 9.53 Å². The van der Waals surface area contributed by atoms with E-state index in [1.807, 2.05) is 30.0 Å². The summed E-state index contributed by atoms with van der Waals surface area (Å²) in [4.78, 5) is 11.3. The maximum atomic E-state index is 11.3. The van der Waals surface area contributed by atoms with Gasteiger partial charge in [0, 0.05) is 5.75 Å². The van der Waals surface area contributed by atoms with Crippen molar-refractivity contribution in [3.63, 3.8) is 0 Å². The fraction of sp³-hybridized carbons (Fsp3) is 0.500. The number of rotatable bonds is 7. The third kappa shape index (κ3) is 5.10. The molecule has 2 N–H and O–H groups in total. The molecule has 1 aromatic rings. The van der Waals surface area contributed by atoms with Crippen LogP contribution in [-0.4, -0.2) is 25.4 Å². The SMILES string of the molecule is COC(=O)Cc1ccccc1CSCC(C)CN. The van der Waals surface area contributed by atoms with Gasteiger partial charge >= 0.3 is 5.97 Å². The maximum absolute atomic E-state index is 11.3. The van der Waals surface area contributed by atoms with Gasteiger partial charge in [0.1, 0.15) is 0 Å². The molecule has 0 bridgehead atoms. The molecule has 0 amide bonds. The number of carbonyl (C=O) groups is 1. The highest BCUT2D eigenvalue weighted by Crippen LogP contribution is 2.19. The lowest BCUT2D eigenvalue weighted by Crippen LogP contribution is -2.13. The van der Waals surface area contributed by atoms with E-state index in [-0.39, 0.29) is 5.97 Å². The van der Waals surface area contributed by atoms with Crippen LogP contribution in [0.1, 0.15) is 18.1 Å². The Morgan fingerprint density at radius 1 is 1.39 bits per heavy atom. The minimum atomic E-state index is -0.192. The highest BCUT2D eigenvalue weighted by atomic mass is 32.2. The number of esters is 1. The van der Waals surface area contributed by atoms with E-state index >= 15 is 0 Å². The molecule has 1 unspecified atom stereocenters. The first kappa shape index (κ1) is 15.1. The Hall–Kier alpha value is -1.00. The molecule has 100 valence electrons. The van der Waals surface area contributed by atoms with Gasteiger partial charge in [-0.05, 0) is 29.3 Å². The Balaban J connectivity index is 2.56. The molecule has 0 aromatic heterocycles. The molecule has 0 saturated heterocycles. The summed E-state index contributed by atoms with van der Waals surface area (Å²) in [7, 11) is 1.42. The molecule has 0 saturated carbocycles. The molecule has 0 aliphatic heterocycles. The summed E-state index contributed by atoms with van der Waals surface area (Å²) in [6, 6.07) is 8.01. The zero-order valence-corrected chi connectivity index (χ0v) is 11.8. The van der Waals surface area contributed by atoms with Gasteiger partial charge in [0.15, 0.2) is 0 Å². The van der Waals surface area contributed by atoms with E-state index in [0.29, 0.717) is 12.3 Å². The van der Waals surface area contributed by atoms with E-state index in [0.717, 1.165) is 23.6 Å². The molecule has 4 heteroatoms. The first-order valence-corrected chi connectivity index (χ1v) is 7.24. The number of ether oxygens (including phenoxy) is 1. The van der Waals surface area contributed by atoms with Crippen LogP contribution in [0.4, 0.5) is 0 Å². The molecule has 1 aromatic carbocycles. The number of methoxy groups -OCH3 is 1. The number of benzene rings is 1. The fourth-order valence-electron chi connectivity index (χ4n) is 1.54. The Kier molecular flexibility index (Phi) is 6.83. The van der Waals surface area contributed by atoms with Crippen LogP contribution in [0.3, 0.4) is 0 Å². The van der Waals surface area contributed by atoms with Gasteiger partial charge in [-0.2, -0.15) is 11.8 Å². The fourth-order valence-corrected chi connectivity index (χ4v) is 2.69. The van der Waals surface area contributed by atoms with Crippen molar-refractivity contribution in [2.45, 2.75) is 19.1 Å². The van der Waals surface area contributed by atoms with Crippen LogP contribution >= 0.6 is 11.8 Å². The van der Waals surface area contributed by atoms with Gasteiger partial charge in [-0.3, -0.25) is 4.79 Å². The molecule has 0 radical (unpaired) electrons. The lowest BCUT2D eigenvalue weighted by molar-refractivity contribution is -0.139. The summed E-state index contributed by atoms with van der Waals surface area (Å²) < 4.78 is 4.71. The van der Waals surface area contributed by atoms with Gasteiger partial charge in [0.25, 0.3) is 0 Å². The molecular formula is C14H21NO2S. The van der Waals surface area contributed by atoms with Gasteiger partial charge in [0.05, 0.1) is 13.5 Å². The zero-order chi connectivity index (χ0) is 13.4. The average molecular weight is 267 g/mol. The van der Waals surface area contributed by atoms with E-state index in [9.17, 15) is 4.79 Å². The van der Waals surface area contributed by atoms with Crippen LogP contribution in [0.2, 0.25) is 0 Å². The Bertz CT molecular complexity index is 382. The van der Waals surface area contributed by atoms with Crippen molar-refractivity contribution in [3.8, 4) is 0 Å². The van der Waals surface area contributed by atoms with E-state index in [4.69, 9.17) is 10.5 Å². The minimum absolute atomic E-state index is 0.192. The average Bonchev–Trinajstić information content (AvgIpc) is 2.40. The van der Waals surface area contributed by atoms with Gasteiger partial charge in [-0.1, -0.05) is 31.2 Å². The number of thioether (sulfide) groups is 1. The standard InChI is InChI=1S/C14H21NO2S/c1-11(8-15)9-18-10-13-6-4-3-5-12(13)7-14(16)17-2/h3-6,11H,7-10,15H2,1-2H3. The largest absolute Gasteiger partial charge is 0.469 e. The lowest BCUT2D eigenvalue weighted by Gasteiger charge is -2.10. The second kappa shape index (κ2) is 8.16. The molecule has 0 fully saturated rings. The molecule has 18 heavy (non-hydrogen) atoms. The first-order valence-electron chi connectivity index (χ1n) is 6.08. The van der Waals surface area contributed by atoms with E-state index in [2.05, 4.69) is 13.0 Å². The molecule has 0 heterocycles. The van der Waals surface area contributed by atoms with Crippen LogP contribution in [0, 0.1) is 5.92 Å². The number of carbonyl (C=O) groups excluding carboxylic acids is 1. The van der Waals surface area contributed by atoms with Gasteiger partial charge < -0.3 is 10.5 Å². The normalized spacial score (nSPS) is 12.2. The molecule has 3 nitrogen and oxygen atoms in total. The van der Waals surface area contributed by atoms with Crippen LogP contribution in [-0.2, 0) is 21.7 Å². The third-order valence-electron chi connectivity index (χ3n) is 2.74. The lowest BCUT2D eigenvalue weighted by atomic mass is 10.1. The van der Waals surface area contributed by atoms with E-state index < -0.39 is 0 Å². The molecule has 0 aliphatic rings. The van der Waals surface area contributed by atoms with Crippen LogP contribution < -0.4 is 5.73 Å². The first-order chi connectivity index (χ1) is 8.67. The predicted octanol–water partition coefficient (Wildman–Crippen LogP) is 2.23. The second-order valence-electron chi connectivity index (χ2n) is 4.38. The van der Waals surface area contributed by atoms with Crippen LogP contribution in [0.5, 0.6) is 0 Å². The predicted molar refractivity (Wildman–Crippen MR) is 76.5 cm³/mol. The smallest absolute Gasteiger partial charge is 0.309 e. The van der Waals surface area contributed by atoms with Crippen molar-refractivity contribution in [2.75, 3.05) is 19.4 Å². The summed E-state index contributed by atoms with van der Waals surface area (Å²) in [5.74, 6) is 2.30. The van der Waals surface area contributed by atoms with Crippen molar-refractivity contribution >= 4 is 17.7 Å². The van der Waals surface area contributed by atoms with E-state index in [1.165, 1.54) is 12.7 Å². The highest BCUT2D eigenvalue weighted by molar-refractivity contribution is 7.98. The van der Waals surface area contributed by atoms with Crippen molar-refractivity contribution in [1.29, 1.82) is 0 Å². The molecule has 0 aliphatic carbocycles. The summed E-state index contributed by atoms with van der Waals surface area (Å²) in [5, 5.41) is 0. The topological polar surface area (TPSA) is 52.3 Å². The monoisotopic (exact) mass is 267 g/mol. The number of hydrogen-bond donors (Lipinski definition) is 1. The second-order valence-corrected chi connectivity index (χ2v) is 5.41. The zero-order valence-electron chi connectivity index (χ0n) is 11.0. The summed E-state index contributed by atoms with van der Waals surface area (Å²) >= 11 is 1.86. The molecule has 1 atom stereocenters. The van der Waals surface area contributed by atoms with Crippen molar-refractivity contribution in [1.82, 2.24) is 0 Å². The van der Waals surface area contributed by atoms with Gasteiger partial charge in [-0.15, -0.1) is 0 Å². The van der Waals surface area contributed by atoms with Crippen LogP contribution in [0.15, 0.2) is 24.3 Å². The third-order valence-corrected chi connectivity index (χ3v) is 4.06. The van der Waals surface area contributed by atoms with Gasteiger partial charge in [-0.25, -0.2) is 0 Å². The number of nitrogens with two attached hydrogens (primary N) is 1. The Labute approximate surface area is 113 Å². The van der Waals surface area contributed by atoms with E-state index in [1.54, 1.807) is 0 Å². The molecule has 1 rings (SSSR count). The molecular weight excluding hydrogens is 246 g/mol. The molecule has 0 spiro atoms. The van der Waals surface area contributed by atoms with Crippen molar-refractivity contribution in [3.05, 3.63) is 35.4 Å². The van der Waals surface area contributed by atoms with Crippen LogP contribution in [0.25, 0.3) is 0 Å². The summed E-state index contributed by atoms with van der Waals surface area (Å²) in [6.45, 7) is 2.87. The van der Waals surface area contributed by atoms with Crippen molar-refractivity contribution in [2.24, 2.45) is 11.7 Å². The minimum Gasteiger partial charge on any atom is -0.469 e. The Morgan fingerprint density at radius 2 is 2.06 bits per heavy atom. The van der Waals surface area contributed by atoms with Gasteiger partial charge in [0.2, 0.25) is 0 Å². The highest BCUT2D eigenvalue weighted by Gasteiger charge is 2.08. The Morgan fingerprint density at radius 3 is 2.67 bits per heavy atom. The number of hydrogen-bond acceptors (Lipinski definition) is 4. The summed E-state index contributed by atoms with van der Waals surface area (Å²) in [6.07, 6.45) is 0.347. The summed E-state index contributed by atoms with van der Waals surface area (Å²) in [5.41, 5.74) is 7.85. The quantitative estimate of drug-likeness (QED) is 0.770.